The first-order chi connectivity index (χ1) is 11.8. The van der Waals surface area contributed by atoms with E-state index in [0.717, 1.165) is 17.6 Å². The molecular formula is C21H21NO2. The molecule has 0 aliphatic heterocycles. The molecule has 0 unspecified atom stereocenters. The molecule has 3 aromatic carbocycles. The Morgan fingerprint density at radius 2 is 1.62 bits per heavy atom. The predicted molar refractivity (Wildman–Crippen MR) is 97.2 cm³/mol. The minimum Gasteiger partial charge on any atom is -0.492 e. The van der Waals surface area contributed by atoms with Gasteiger partial charge in [0.25, 0.3) is 0 Å². The number of rotatable bonds is 7. The third-order valence-electron chi connectivity index (χ3n) is 3.90. The van der Waals surface area contributed by atoms with Crippen LogP contribution in [0.25, 0.3) is 10.8 Å². The number of nitrogens with one attached hydrogen (secondary N) is 1. The first kappa shape index (κ1) is 16.1. The van der Waals surface area contributed by atoms with Crippen molar-refractivity contribution >= 4 is 16.7 Å². The van der Waals surface area contributed by atoms with Crippen LogP contribution >= 0.6 is 0 Å². The fourth-order valence-electron chi connectivity index (χ4n) is 2.61. The van der Waals surface area contributed by atoms with Gasteiger partial charge < -0.3 is 10.1 Å². The zero-order valence-corrected chi connectivity index (χ0v) is 13.6. The SMILES string of the molecule is O=C(CCc1ccccc1)NCCOc1ccc2ccccc2c1. The van der Waals surface area contributed by atoms with E-state index in [1.165, 1.54) is 10.9 Å². The van der Waals surface area contributed by atoms with E-state index in [-0.39, 0.29) is 5.91 Å². The fraction of sp³-hybridized carbons (Fsp3) is 0.190. The molecule has 0 bridgehead atoms. The second-order valence-electron chi connectivity index (χ2n) is 5.69. The molecule has 3 aromatic rings. The van der Waals surface area contributed by atoms with Gasteiger partial charge in [0.15, 0.2) is 0 Å². The van der Waals surface area contributed by atoms with Crippen LogP contribution in [0.4, 0.5) is 0 Å². The third-order valence-corrected chi connectivity index (χ3v) is 3.90. The molecule has 0 aromatic heterocycles. The van der Waals surface area contributed by atoms with E-state index in [1.54, 1.807) is 0 Å². The minimum atomic E-state index is 0.0564. The highest BCUT2D eigenvalue weighted by Crippen LogP contribution is 2.20. The average Bonchev–Trinajstić information content (AvgIpc) is 2.64. The highest BCUT2D eigenvalue weighted by Gasteiger charge is 2.02. The molecule has 24 heavy (non-hydrogen) atoms. The van der Waals surface area contributed by atoms with Crippen LogP contribution < -0.4 is 10.1 Å². The standard InChI is InChI=1S/C21H21NO2/c23-21(13-10-17-6-2-1-3-7-17)22-14-15-24-20-12-11-18-8-4-5-9-19(18)16-20/h1-9,11-12,16H,10,13-15H2,(H,22,23). The van der Waals surface area contributed by atoms with Gasteiger partial charge in [0, 0.05) is 6.42 Å². The normalized spacial score (nSPS) is 10.5. The van der Waals surface area contributed by atoms with Crippen LogP contribution in [0, 0.1) is 0 Å². The first-order valence-electron chi connectivity index (χ1n) is 8.23. The predicted octanol–water partition coefficient (Wildman–Crippen LogP) is 3.97. The minimum absolute atomic E-state index is 0.0564. The van der Waals surface area contributed by atoms with E-state index >= 15 is 0 Å². The summed E-state index contributed by atoms with van der Waals surface area (Å²) >= 11 is 0. The molecule has 122 valence electrons. The van der Waals surface area contributed by atoms with Gasteiger partial charge in [0.05, 0.1) is 6.54 Å². The van der Waals surface area contributed by atoms with Gasteiger partial charge in [-0.2, -0.15) is 0 Å². The first-order valence-corrected chi connectivity index (χ1v) is 8.23. The van der Waals surface area contributed by atoms with Gasteiger partial charge in [-0.05, 0) is 34.9 Å². The molecule has 1 amide bonds. The molecule has 3 heteroatoms. The lowest BCUT2D eigenvalue weighted by molar-refractivity contribution is -0.121. The number of carbonyl (C=O) groups is 1. The summed E-state index contributed by atoms with van der Waals surface area (Å²) in [5, 5.41) is 5.24. The van der Waals surface area contributed by atoms with Crippen LogP contribution in [0.2, 0.25) is 0 Å². The molecule has 0 aliphatic rings. The molecule has 0 heterocycles. The summed E-state index contributed by atoms with van der Waals surface area (Å²) < 4.78 is 5.71. The second kappa shape index (κ2) is 8.16. The van der Waals surface area contributed by atoms with Crippen LogP contribution in [0.1, 0.15) is 12.0 Å². The number of carbonyl (C=O) groups excluding carboxylic acids is 1. The molecule has 0 spiro atoms. The summed E-state index contributed by atoms with van der Waals surface area (Å²) in [6.07, 6.45) is 1.26. The van der Waals surface area contributed by atoms with Gasteiger partial charge >= 0.3 is 0 Å². The number of hydrogen-bond donors (Lipinski definition) is 1. The molecule has 0 saturated carbocycles. The Bertz CT molecular complexity index is 799. The van der Waals surface area contributed by atoms with Gasteiger partial charge in [0.1, 0.15) is 12.4 Å². The summed E-state index contributed by atoms with van der Waals surface area (Å²) in [6.45, 7) is 0.982. The zero-order valence-electron chi connectivity index (χ0n) is 13.6. The maximum absolute atomic E-state index is 11.8. The van der Waals surface area contributed by atoms with Gasteiger partial charge in [-0.15, -0.1) is 0 Å². The number of amides is 1. The Kier molecular flexibility index (Phi) is 5.46. The third kappa shape index (κ3) is 4.59. The van der Waals surface area contributed by atoms with Crippen molar-refractivity contribution in [2.75, 3.05) is 13.2 Å². The van der Waals surface area contributed by atoms with Crippen LogP contribution in [-0.4, -0.2) is 19.1 Å². The van der Waals surface area contributed by atoms with E-state index < -0.39 is 0 Å². The topological polar surface area (TPSA) is 38.3 Å². The maximum Gasteiger partial charge on any atom is 0.220 e. The number of fused-ring (bicyclic) bond motifs is 1. The molecular weight excluding hydrogens is 298 g/mol. The number of aryl methyl sites for hydroxylation is 1. The van der Waals surface area contributed by atoms with Crippen molar-refractivity contribution in [1.29, 1.82) is 0 Å². The summed E-state index contributed by atoms with van der Waals surface area (Å²) in [6, 6.07) is 24.2. The fourth-order valence-corrected chi connectivity index (χ4v) is 2.61. The van der Waals surface area contributed by atoms with Crippen LogP contribution in [-0.2, 0) is 11.2 Å². The Labute approximate surface area is 142 Å². The summed E-state index contributed by atoms with van der Waals surface area (Å²) in [5.74, 6) is 0.883. The van der Waals surface area contributed by atoms with E-state index in [0.29, 0.717) is 19.6 Å². The number of hydrogen-bond acceptors (Lipinski definition) is 2. The average molecular weight is 319 g/mol. The lowest BCUT2D eigenvalue weighted by Gasteiger charge is -2.09. The van der Waals surface area contributed by atoms with E-state index in [2.05, 4.69) is 17.4 Å². The summed E-state index contributed by atoms with van der Waals surface area (Å²) in [4.78, 5) is 11.8. The van der Waals surface area contributed by atoms with Crippen LogP contribution in [0.5, 0.6) is 5.75 Å². The Hall–Kier alpha value is -2.81. The molecule has 1 N–H and O–H groups in total. The summed E-state index contributed by atoms with van der Waals surface area (Å²) in [7, 11) is 0. The van der Waals surface area contributed by atoms with Crippen molar-refractivity contribution in [3.05, 3.63) is 78.4 Å². The van der Waals surface area contributed by atoms with Gasteiger partial charge in [0.2, 0.25) is 5.91 Å². The molecule has 0 radical (unpaired) electrons. The largest absolute Gasteiger partial charge is 0.492 e. The lowest BCUT2D eigenvalue weighted by Crippen LogP contribution is -2.28. The van der Waals surface area contributed by atoms with Crippen molar-refractivity contribution in [2.24, 2.45) is 0 Å². The molecule has 0 saturated heterocycles. The van der Waals surface area contributed by atoms with Crippen molar-refractivity contribution in [3.8, 4) is 5.75 Å². The smallest absolute Gasteiger partial charge is 0.220 e. The monoisotopic (exact) mass is 319 g/mol. The van der Waals surface area contributed by atoms with E-state index in [1.807, 2.05) is 60.7 Å². The Balaban J connectivity index is 1.39. The highest BCUT2D eigenvalue weighted by molar-refractivity contribution is 5.83. The zero-order chi connectivity index (χ0) is 16.6. The van der Waals surface area contributed by atoms with Crippen molar-refractivity contribution in [3.63, 3.8) is 0 Å². The van der Waals surface area contributed by atoms with Crippen molar-refractivity contribution in [2.45, 2.75) is 12.8 Å². The lowest BCUT2D eigenvalue weighted by atomic mass is 10.1. The van der Waals surface area contributed by atoms with E-state index in [4.69, 9.17) is 4.74 Å². The maximum atomic E-state index is 11.8. The van der Waals surface area contributed by atoms with Crippen molar-refractivity contribution in [1.82, 2.24) is 5.32 Å². The Morgan fingerprint density at radius 1 is 0.875 bits per heavy atom. The molecule has 3 rings (SSSR count). The summed E-state index contributed by atoms with van der Waals surface area (Å²) in [5.41, 5.74) is 1.18. The van der Waals surface area contributed by atoms with Gasteiger partial charge in [-0.3, -0.25) is 4.79 Å². The van der Waals surface area contributed by atoms with Crippen LogP contribution in [0.15, 0.2) is 72.8 Å². The quantitative estimate of drug-likeness (QED) is 0.669. The molecule has 0 aliphatic carbocycles. The second-order valence-corrected chi connectivity index (χ2v) is 5.69. The molecule has 0 fully saturated rings. The van der Waals surface area contributed by atoms with Crippen LogP contribution in [0.3, 0.4) is 0 Å². The highest BCUT2D eigenvalue weighted by atomic mass is 16.5. The molecule has 3 nitrogen and oxygen atoms in total. The number of benzene rings is 3. The van der Waals surface area contributed by atoms with E-state index in [9.17, 15) is 4.79 Å². The Morgan fingerprint density at radius 3 is 2.46 bits per heavy atom. The van der Waals surface area contributed by atoms with Gasteiger partial charge in [-0.1, -0.05) is 60.7 Å². The van der Waals surface area contributed by atoms with Gasteiger partial charge in [-0.25, -0.2) is 0 Å². The molecule has 0 atom stereocenters. The number of ether oxygens (including phenoxy) is 1. The van der Waals surface area contributed by atoms with Crippen molar-refractivity contribution < 1.29 is 9.53 Å².